The number of pyridine rings is 1. The van der Waals surface area contributed by atoms with Crippen molar-refractivity contribution >= 4 is 35.0 Å². The average Bonchev–Trinajstić information content (AvgIpc) is 3.26. The summed E-state index contributed by atoms with van der Waals surface area (Å²) >= 11 is 12.1. The van der Waals surface area contributed by atoms with Crippen LogP contribution in [-0.4, -0.2) is 57.8 Å². The molecule has 1 aliphatic heterocycles. The molecule has 0 spiro atoms. The first-order valence-electron chi connectivity index (χ1n) is 10.1. The van der Waals surface area contributed by atoms with E-state index < -0.39 is 0 Å². The summed E-state index contributed by atoms with van der Waals surface area (Å²) in [6.07, 6.45) is 3.60. The van der Waals surface area contributed by atoms with E-state index in [1.807, 2.05) is 0 Å². The van der Waals surface area contributed by atoms with Crippen molar-refractivity contribution in [1.82, 2.24) is 19.8 Å². The van der Waals surface area contributed by atoms with E-state index in [2.05, 4.69) is 9.97 Å². The number of nitrogens with zero attached hydrogens (tertiary/aromatic N) is 3. The smallest absolute Gasteiger partial charge is 0.255 e. The predicted octanol–water partition coefficient (Wildman–Crippen LogP) is 3.25. The number of aromatic nitrogens is 2. The van der Waals surface area contributed by atoms with Gasteiger partial charge in [-0.1, -0.05) is 23.2 Å². The molecule has 1 aliphatic rings. The highest BCUT2D eigenvalue weighted by Gasteiger charge is 2.25. The Morgan fingerprint density at radius 3 is 2.50 bits per heavy atom. The summed E-state index contributed by atoms with van der Waals surface area (Å²) < 4.78 is 5.75. The number of aryl methyl sites for hydroxylation is 1. The summed E-state index contributed by atoms with van der Waals surface area (Å²) in [5.41, 5.74) is 0.848. The van der Waals surface area contributed by atoms with Gasteiger partial charge in [0.1, 0.15) is 0 Å². The molecule has 0 radical (unpaired) electrons. The van der Waals surface area contributed by atoms with Gasteiger partial charge in [-0.3, -0.25) is 14.4 Å². The van der Waals surface area contributed by atoms with Crippen molar-refractivity contribution in [2.45, 2.75) is 12.8 Å². The number of piperazine rings is 1. The van der Waals surface area contributed by atoms with E-state index in [-0.39, 0.29) is 23.8 Å². The first-order chi connectivity index (χ1) is 15.4. The number of carbonyl (C=O) groups is 2. The second kappa shape index (κ2) is 9.58. The Morgan fingerprint density at radius 2 is 1.81 bits per heavy atom. The molecule has 0 aliphatic carbocycles. The average molecular weight is 475 g/mol. The van der Waals surface area contributed by atoms with Gasteiger partial charge in [0.15, 0.2) is 11.7 Å². The molecule has 8 nitrogen and oxygen atoms in total. The van der Waals surface area contributed by atoms with E-state index in [9.17, 15) is 14.4 Å². The molecule has 1 fully saturated rings. The second-order valence-electron chi connectivity index (χ2n) is 7.36. The second-order valence-corrected chi connectivity index (χ2v) is 8.20. The molecule has 10 heteroatoms. The van der Waals surface area contributed by atoms with E-state index in [0.717, 1.165) is 0 Å². The molecule has 2 amide bonds. The Balaban J connectivity index is 1.28. The van der Waals surface area contributed by atoms with Crippen LogP contribution in [0.4, 0.5) is 0 Å². The van der Waals surface area contributed by atoms with Crippen molar-refractivity contribution < 1.29 is 14.0 Å². The van der Waals surface area contributed by atoms with Gasteiger partial charge in [-0.2, -0.15) is 0 Å². The number of carbonyl (C=O) groups excluding carboxylic acids is 2. The van der Waals surface area contributed by atoms with Crippen LogP contribution in [0.15, 0.2) is 51.9 Å². The SMILES string of the molecule is O=C(CCc1ncc(-c2ccc(Cl)cc2Cl)o1)N1CCN(C(=O)c2ccc(=O)[nH]c2)CC1. The van der Waals surface area contributed by atoms with Crippen LogP contribution in [0.5, 0.6) is 0 Å². The number of nitrogens with one attached hydrogen (secondary N) is 1. The van der Waals surface area contributed by atoms with Gasteiger partial charge in [-0.05, 0) is 24.3 Å². The van der Waals surface area contributed by atoms with E-state index in [1.165, 1.54) is 18.3 Å². The fourth-order valence-electron chi connectivity index (χ4n) is 3.50. The largest absolute Gasteiger partial charge is 0.441 e. The minimum Gasteiger partial charge on any atom is -0.441 e. The molecule has 0 unspecified atom stereocenters. The summed E-state index contributed by atoms with van der Waals surface area (Å²) in [6.45, 7) is 1.76. The molecular weight excluding hydrogens is 455 g/mol. The van der Waals surface area contributed by atoms with Crippen LogP contribution < -0.4 is 5.56 Å². The summed E-state index contributed by atoms with van der Waals surface area (Å²) in [5, 5.41) is 0.995. The number of rotatable bonds is 5. The number of halogens is 2. The molecule has 3 heterocycles. The summed E-state index contributed by atoms with van der Waals surface area (Å²) in [7, 11) is 0. The van der Waals surface area contributed by atoms with Gasteiger partial charge in [-0.15, -0.1) is 0 Å². The lowest BCUT2D eigenvalue weighted by Gasteiger charge is -2.34. The Hall–Kier alpha value is -3.10. The van der Waals surface area contributed by atoms with Crippen LogP contribution in [-0.2, 0) is 11.2 Å². The minimum atomic E-state index is -0.258. The molecule has 1 N–H and O–H groups in total. The molecule has 0 bridgehead atoms. The zero-order valence-corrected chi connectivity index (χ0v) is 18.5. The van der Waals surface area contributed by atoms with Crippen LogP contribution in [0.2, 0.25) is 10.0 Å². The molecule has 32 heavy (non-hydrogen) atoms. The number of aromatic amines is 1. The van der Waals surface area contributed by atoms with Crippen molar-refractivity contribution in [3.63, 3.8) is 0 Å². The first kappa shape index (κ1) is 22.1. The third kappa shape index (κ3) is 5.03. The van der Waals surface area contributed by atoms with Crippen LogP contribution >= 0.6 is 23.2 Å². The molecular formula is C22H20Cl2N4O4. The van der Waals surface area contributed by atoms with Gasteiger partial charge >= 0.3 is 0 Å². The van der Waals surface area contributed by atoms with Crippen molar-refractivity contribution in [3.05, 3.63) is 74.6 Å². The fraction of sp³-hybridized carbons (Fsp3) is 0.273. The van der Waals surface area contributed by atoms with Gasteiger partial charge in [0, 0.05) is 61.9 Å². The van der Waals surface area contributed by atoms with Gasteiger partial charge in [0.25, 0.3) is 5.91 Å². The summed E-state index contributed by atoms with van der Waals surface area (Å²) in [5.74, 6) is 0.779. The molecule has 1 saturated heterocycles. The third-order valence-corrected chi connectivity index (χ3v) is 5.80. The van der Waals surface area contributed by atoms with Crippen molar-refractivity contribution in [3.8, 4) is 11.3 Å². The zero-order chi connectivity index (χ0) is 22.7. The number of hydrogen-bond donors (Lipinski definition) is 1. The molecule has 0 atom stereocenters. The maximum absolute atomic E-state index is 12.6. The fourth-order valence-corrected chi connectivity index (χ4v) is 4.00. The number of amides is 2. The number of oxazole rings is 1. The highest BCUT2D eigenvalue weighted by molar-refractivity contribution is 6.36. The van der Waals surface area contributed by atoms with Crippen molar-refractivity contribution in [1.29, 1.82) is 0 Å². The molecule has 3 aromatic rings. The summed E-state index contributed by atoms with van der Waals surface area (Å²) in [6, 6.07) is 7.93. The highest BCUT2D eigenvalue weighted by Crippen LogP contribution is 2.30. The lowest BCUT2D eigenvalue weighted by Crippen LogP contribution is -2.50. The van der Waals surface area contributed by atoms with Crippen molar-refractivity contribution in [2.75, 3.05) is 26.2 Å². The third-order valence-electron chi connectivity index (χ3n) is 5.25. The molecule has 1 aromatic carbocycles. The quantitative estimate of drug-likeness (QED) is 0.611. The molecule has 4 rings (SSSR count). The van der Waals surface area contributed by atoms with E-state index in [0.29, 0.717) is 65.4 Å². The standard InChI is InChI=1S/C22H20Cl2N4O4/c23-15-2-3-16(17(24)11-15)18-13-26-20(32-18)5-6-21(30)27-7-9-28(10-8-27)22(31)14-1-4-19(29)25-12-14/h1-4,11-13H,5-10H2,(H,25,29). The van der Waals surface area contributed by atoms with Gasteiger partial charge in [0.05, 0.1) is 16.8 Å². The van der Waals surface area contributed by atoms with Crippen LogP contribution in [0.1, 0.15) is 22.7 Å². The number of benzene rings is 1. The van der Waals surface area contributed by atoms with Crippen LogP contribution in [0, 0.1) is 0 Å². The Morgan fingerprint density at radius 1 is 1.06 bits per heavy atom. The summed E-state index contributed by atoms with van der Waals surface area (Å²) in [4.78, 5) is 46.4. The van der Waals surface area contributed by atoms with Gasteiger partial charge in [-0.25, -0.2) is 4.98 Å². The lowest BCUT2D eigenvalue weighted by molar-refractivity contribution is -0.132. The minimum absolute atomic E-state index is 0.0228. The van der Waals surface area contributed by atoms with Crippen LogP contribution in [0.3, 0.4) is 0 Å². The first-order valence-corrected chi connectivity index (χ1v) is 10.8. The lowest BCUT2D eigenvalue weighted by atomic mass is 10.2. The Bertz CT molecular complexity index is 1180. The van der Waals surface area contributed by atoms with Crippen molar-refractivity contribution in [2.24, 2.45) is 0 Å². The zero-order valence-electron chi connectivity index (χ0n) is 17.0. The van der Waals surface area contributed by atoms with E-state index >= 15 is 0 Å². The van der Waals surface area contributed by atoms with Gasteiger partial charge in [0.2, 0.25) is 11.5 Å². The molecule has 2 aromatic heterocycles. The van der Waals surface area contributed by atoms with E-state index in [1.54, 1.807) is 34.2 Å². The molecule has 0 saturated carbocycles. The maximum Gasteiger partial charge on any atom is 0.255 e. The van der Waals surface area contributed by atoms with Gasteiger partial charge < -0.3 is 19.2 Å². The maximum atomic E-state index is 12.6. The highest BCUT2D eigenvalue weighted by atomic mass is 35.5. The van der Waals surface area contributed by atoms with E-state index in [4.69, 9.17) is 27.6 Å². The Labute approximate surface area is 193 Å². The monoisotopic (exact) mass is 474 g/mol. The molecule has 166 valence electrons. The Kier molecular flexibility index (Phi) is 6.62. The predicted molar refractivity (Wildman–Crippen MR) is 120 cm³/mol. The van der Waals surface area contributed by atoms with Crippen LogP contribution in [0.25, 0.3) is 11.3 Å². The normalized spacial score (nSPS) is 13.9. The topological polar surface area (TPSA) is 99.5 Å². The number of H-pyrrole nitrogens is 1. The number of hydrogen-bond acceptors (Lipinski definition) is 5.